The minimum Gasteiger partial charge on any atom is -0.497 e. The van der Waals surface area contributed by atoms with E-state index in [0.29, 0.717) is 19.1 Å². The van der Waals surface area contributed by atoms with Crippen molar-refractivity contribution in [2.75, 3.05) is 60.6 Å². The second-order valence-electron chi connectivity index (χ2n) is 7.71. The number of methoxy groups -OCH3 is 1. The SMILES string of the molecule is COc1cc(C)c(S(=O)N(C)CCOCC(=O)N(C)CC2CCNCC2)c(C)c1. The monoisotopic (exact) mass is 425 g/mol. The molecule has 8 heteroatoms. The fraction of sp³-hybridized carbons (Fsp3) is 0.667. The van der Waals surface area contributed by atoms with Crippen LogP contribution in [-0.4, -0.2) is 79.9 Å². The van der Waals surface area contributed by atoms with E-state index < -0.39 is 11.0 Å². The zero-order chi connectivity index (χ0) is 21.4. The molecule has 1 unspecified atom stereocenters. The van der Waals surface area contributed by atoms with Gasteiger partial charge in [-0.05, 0) is 69.0 Å². The van der Waals surface area contributed by atoms with Crippen molar-refractivity contribution in [3.05, 3.63) is 23.3 Å². The largest absolute Gasteiger partial charge is 0.497 e. The molecule has 0 aliphatic carbocycles. The number of hydrogen-bond donors (Lipinski definition) is 1. The van der Waals surface area contributed by atoms with E-state index in [1.54, 1.807) is 23.4 Å². The van der Waals surface area contributed by atoms with Crippen molar-refractivity contribution in [2.45, 2.75) is 31.6 Å². The lowest BCUT2D eigenvalue weighted by Crippen LogP contribution is -2.39. The summed E-state index contributed by atoms with van der Waals surface area (Å²) in [5, 5.41) is 3.34. The van der Waals surface area contributed by atoms with Crippen LogP contribution in [0, 0.1) is 19.8 Å². The first-order valence-corrected chi connectivity index (χ1v) is 11.2. The van der Waals surface area contributed by atoms with Gasteiger partial charge in [-0.15, -0.1) is 0 Å². The Hall–Kier alpha value is -1.48. The van der Waals surface area contributed by atoms with E-state index in [4.69, 9.17) is 9.47 Å². The molecule has 1 aromatic carbocycles. The first kappa shape index (κ1) is 23.8. The Morgan fingerprint density at radius 1 is 1.21 bits per heavy atom. The molecule has 1 aliphatic rings. The van der Waals surface area contributed by atoms with Crippen LogP contribution >= 0.6 is 0 Å². The summed E-state index contributed by atoms with van der Waals surface area (Å²) in [4.78, 5) is 14.8. The molecule has 1 fully saturated rings. The Morgan fingerprint density at radius 2 is 1.83 bits per heavy atom. The van der Waals surface area contributed by atoms with Gasteiger partial charge in [0.2, 0.25) is 5.91 Å². The number of ether oxygens (including phenoxy) is 2. The minimum absolute atomic E-state index is 0.00542. The van der Waals surface area contributed by atoms with E-state index in [1.807, 2.05) is 33.0 Å². The number of nitrogens with one attached hydrogen (secondary N) is 1. The van der Waals surface area contributed by atoms with E-state index in [2.05, 4.69) is 5.32 Å². The maximum atomic E-state index is 12.9. The number of nitrogens with zero attached hydrogens (tertiary/aromatic N) is 2. The van der Waals surface area contributed by atoms with Gasteiger partial charge < -0.3 is 19.7 Å². The number of carbonyl (C=O) groups is 1. The summed E-state index contributed by atoms with van der Waals surface area (Å²) in [5.74, 6) is 1.32. The molecule has 2 rings (SSSR count). The highest BCUT2D eigenvalue weighted by Gasteiger charge is 2.19. The van der Waals surface area contributed by atoms with E-state index in [-0.39, 0.29) is 12.5 Å². The molecule has 1 aromatic rings. The molecule has 164 valence electrons. The normalized spacial score (nSPS) is 16.1. The summed E-state index contributed by atoms with van der Waals surface area (Å²) >= 11 is 0. The van der Waals surface area contributed by atoms with Gasteiger partial charge in [0, 0.05) is 27.2 Å². The molecule has 7 nitrogen and oxygen atoms in total. The Balaban J connectivity index is 1.75. The summed E-state index contributed by atoms with van der Waals surface area (Å²) in [7, 11) is 3.97. The zero-order valence-electron chi connectivity index (χ0n) is 18.3. The van der Waals surface area contributed by atoms with Gasteiger partial charge in [-0.25, -0.2) is 8.51 Å². The number of amides is 1. The lowest BCUT2D eigenvalue weighted by molar-refractivity contribution is -0.135. The van der Waals surface area contributed by atoms with Crippen LogP contribution in [0.5, 0.6) is 5.75 Å². The van der Waals surface area contributed by atoms with Crippen LogP contribution in [0.15, 0.2) is 17.0 Å². The van der Waals surface area contributed by atoms with Crippen molar-refractivity contribution < 1.29 is 18.5 Å². The van der Waals surface area contributed by atoms with Gasteiger partial charge in [0.1, 0.15) is 23.3 Å². The van der Waals surface area contributed by atoms with Gasteiger partial charge in [0.05, 0.1) is 18.6 Å². The van der Waals surface area contributed by atoms with Gasteiger partial charge in [0.25, 0.3) is 0 Å². The van der Waals surface area contributed by atoms with Crippen LogP contribution in [0.25, 0.3) is 0 Å². The molecule has 0 radical (unpaired) electrons. The predicted octanol–water partition coefficient (Wildman–Crippen LogP) is 1.74. The number of carbonyl (C=O) groups excluding carboxylic acids is 1. The maximum absolute atomic E-state index is 12.9. The summed E-state index contributed by atoms with van der Waals surface area (Å²) in [6.07, 6.45) is 2.22. The minimum atomic E-state index is -1.29. The first-order chi connectivity index (χ1) is 13.8. The van der Waals surface area contributed by atoms with Crippen molar-refractivity contribution in [3.63, 3.8) is 0 Å². The third kappa shape index (κ3) is 7.06. The highest BCUT2D eigenvalue weighted by atomic mass is 32.2. The summed E-state index contributed by atoms with van der Waals surface area (Å²) in [5.41, 5.74) is 1.87. The van der Waals surface area contributed by atoms with Crippen molar-refractivity contribution in [2.24, 2.45) is 5.92 Å². The Labute approximate surface area is 177 Å². The molecule has 1 amide bonds. The van der Waals surface area contributed by atoms with E-state index in [9.17, 15) is 9.00 Å². The van der Waals surface area contributed by atoms with Crippen LogP contribution < -0.4 is 10.1 Å². The second-order valence-corrected chi connectivity index (χ2v) is 9.24. The van der Waals surface area contributed by atoms with Gasteiger partial charge in [-0.3, -0.25) is 4.79 Å². The molecule has 1 saturated heterocycles. The summed E-state index contributed by atoms with van der Waals surface area (Å²) in [6, 6.07) is 3.78. The van der Waals surface area contributed by atoms with Gasteiger partial charge in [0.15, 0.2) is 0 Å². The number of aryl methyl sites for hydroxylation is 2. The number of benzene rings is 1. The smallest absolute Gasteiger partial charge is 0.248 e. The molecule has 29 heavy (non-hydrogen) atoms. The molecule has 0 spiro atoms. The van der Waals surface area contributed by atoms with Crippen LogP contribution in [0.4, 0.5) is 0 Å². The molecular formula is C21H35N3O4S. The molecule has 0 bridgehead atoms. The van der Waals surface area contributed by atoms with Crippen molar-refractivity contribution >= 4 is 16.9 Å². The highest BCUT2D eigenvalue weighted by Crippen LogP contribution is 2.25. The van der Waals surface area contributed by atoms with E-state index in [0.717, 1.165) is 54.2 Å². The first-order valence-electron chi connectivity index (χ1n) is 10.1. The molecule has 0 aromatic heterocycles. The number of likely N-dealkylation sites (N-methyl/N-ethyl adjacent to an activating group) is 2. The molecule has 1 aliphatic heterocycles. The molecule has 0 saturated carbocycles. The van der Waals surface area contributed by atoms with Gasteiger partial charge in [-0.1, -0.05) is 0 Å². The third-order valence-corrected chi connectivity index (χ3v) is 7.06. The summed E-state index contributed by atoms with van der Waals surface area (Å²) < 4.78 is 25.5. The van der Waals surface area contributed by atoms with Gasteiger partial charge in [-0.2, -0.15) is 0 Å². The lowest BCUT2D eigenvalue weighted by atomic mass is 9.98. The zero-order valence-corrected chi connectivity index (χ0v) is 19.1. The summed E-state index contributed by atoms with van der Waals surface area (Å²) in [6.45, 7) is 7.59. The van der Waals surface area contributed by atoms with Crippen LogP contribution in [0.2, 0.25) is 0 Å². The van der Waals surface area contributed by atoms with Crippen molar-refractivity contribution in [1.82, 2.24) is 14.5 Å². The third-order valence-electron chi connectivity index (χ3n) is 5.32. The molecular weight excluding hydrogens is 390 g/mol. The van der Waals surface area contributed by atoms with Crippen molar-refractivity contribution in [3.8, 4) is 5.75 Å². The average Bonchev–Trinajstić information content (AvgIpc) is 2.70. The van der Waals surface area contributed by atoms with Gasteiger partial charge >= 0.3 is 0 Å². The standard InChI is InChI=1S/C21H35N3O4S/c1-16-12-19(27-5)13-17(2)21(16)29(26)24(4)10-11-28-15-20(25)23(3)14-18-6-8-22-9-7-18/h12-13,18,22H,6-11,14-15H2,1-5H3. The number of hydrogen-bond acceptors (Lipinski definition) is 5. The topological polar surface area (TPSA) is 71.1 Å². The molecule has 1 atom stereocenters. The Morgan fingerprint density at radius 3 is 2.41 bits per heavy atom. The predicted molar refractivity (Wildman–Crippen MR) is 116 cm³/mol. The lowest BCUT2D eigenvalue weighted by Gasteiger charge is -2.27. The fourth-order valence-electron chi connectivity index (χ4n) is 3.56. The molecule has 1 heterocycles. The van der Waals surface area contributed by atoms with Crippen LogP contribution in [-0.2, 0) is 20.5 Å². The Kier molecular flexibility index (Phi) is 9.55. The number of piperidine rings is 1. The fourth-order valence-corrected chi connectivity index (χ4v) is 4.78. The van der Waals surface area contributed by atoms with E-state index in [1.165, 1.54) is 0 Å². The number of rotatable bonds is 10. The average molecular weight is 426 g/mol. The quantitative estimate of drug-likeness (QED) is 0.578. The van der Waals surface area contributed by atoms with Crippen LogP contribution in [0.3, 0.4) is 0 Å². The van der Waals surface area contributed by atoms with Crippen LogP contribution in [0.1, 0.15) is 24.0 Å². The second kappa shape index (κ2) is 11.6. The Bertz CT molecular complexity index is 684. The van der Waals surface area contributed by atoms with E-state index >= 15 is 0 Å². The molecule has 1 N–H and O–H groups in total. The maximum Gasteiger partial charge on any atom is 0.248 e. The van der Waals surface area contributed by atoms with Crippen molar-refractivity contribution in [1.29, 1.82) is 0 Å². The highest BCUT2D eigenvalue weighted by molar-refractivity contribution is 7.82.